The molecule has 1 aliphatic carbocycles. The van der Waals surface area contributed by atoms with E-state index in [-0.39, 0.29) is 16.5 Å². The molecule has 11 heteroatoms. The number of hydrogen-bond acceptors (Lipinski definition) is 7. The summed E-state index contributed by atoms with van der Waals surface area (Å²) in [6.07, 6.45) is 6.26. The second kappa shape index (κ2) is 9.71. The number of aryl methyl sites for hydroxylation is 1. The quantitative estimate of drug-likeness (QED) is 0.552. The summed E-state index contributed by atoms with van der Waals surface area (Å²) in [6.45, 7) is 4.16. The molecule has 188 valence electrons. The van der Waals surface area contributed by atoms with Gasteiger partial charge in [-0.2, -0.15) is 9.40 Å². The van der Waals surface area contributed by atoms with Crippen LogP contribution in [0.3, 0.4) is 0 Å². The first-order chi connectivity index (χ1) is 16.9. The largest absolute Gasteiger partial charge is 0.496 e. The van der Waals surface area contributed by atoms with Crippen molar-refractivity contribution in [1.82, 2.24) is 29.4 Å². The van der Waals surface area contributed by atoms with Crippen LogP contribution < -0.4 is 15.6 Å². The first-order valence-corrected chi connectivity index (χ1v) is 13.7. The number of fused-ring (bicyclic) bond motifs is 1. The minimum absolute atomic E-state index is 0.157. The number of sulfonamides is 1. The number of aromatic amines is 1. The molecule has 3 heterocycles. The van der Waals surface area contributed by atoms with Crippen LogP contribution in [0, 0.1) is 6.92 Å². The Morgan fingerprint density at radius 1 is 1.09 bits per heavy atom. The Hall–Kier alpha value is -2.76. The normalized spacial score (nSPS) is 18.6. The number of methoxy groups -OCH3 is 1. The minimum atomic E-state index is -3.67. The average molecular weight is 501 g/mol. The van der Waals surface area contributed by atoms with E-state index in [1.54, 1.807) is 12.1 Å². The van der Waals surface area contributed by atoms with Crippen molar-refractivity contribution in [2.75, 3.05) is 33.3 Å². The third-order valence-corrected chi connectivity index (χ3v) is 8.90. The fraction of sp³-hybridized carbons (Fsp3) is 0.542. The lowest BCUT2D eigenvalue weighted by Gasteiger charge is -2.22. The van der Waals surface area contributed by atoms with Gasteiger partial charge < -0.3 is 15.0 Å². The van der Waals surface area contributed by atoms with Crippen molar-refractivity contribution >= 4 is 21.1 Å². The molecule has 5 rings (SSSR count). The molecular formula is C24H32N6O4S. The lowest BCUT2D eigenvalue weighted by atomic mass is 9.95. The Morgan fingerprint density at radius 2 is 1.89 bits per heavy atom. The molecule has 2 fully saturated rings. The van der Waals surface area contributed by atoms with Gasteiger partial charge in [0, 0.05) is 25.7 Å². The van der Waals surface area contributed by atoms with Crippen LogP contribution in [0.5, 0.6) is 5.75 Å². The second-order valence-corrected chi connectivity index (χ2v) is 11.2. The van der Waals surface area contributed by atoms with Crippen LogP contribution in [0.15, 0.2) is 27.9 Å². The van der Waals surface area contributed by atoms with Gasteiger partial charge in [0.1, 0.15) is 17.1 Å². The molecule has 3 aromatic rings. The van der Waals surface area contributed by atoms with Crippen molar-refractivity contribution in [2.45, 2.75) is 56.4 Å². The summed E-state index contributed by atoms with van der Waals surface area (Å²) < 4.78 is 35.4. The lowest BCUT2D eigenvalue weighted by molar-refractivity contribution is 0.336. The Balaban J connectivity index is 1.54. The topological polar surface area (TPSA) is 122 Å². The van der Waals surface area contributed by atoms with Gasteiger partial charge in [-0.15, -0.1) is 0 Å². The van der Waals surface area contributed by atoms with Gasteiger partial charge in [-0.25, -0.2) is 13.4 Å². The van der Waals surface area contributed by atoms with Gasteiger partial charge in [-0.05, 0) is 44.9 Å². The number of nitrogens with zero attached hydrogens (tertiary/aromatic N) is 4. The molecule has 1 saturated heterocycles. The van der Waals surface area contributed by atoms with Crippen LogP contribution in [0.2, 0.25) is 0 Å². The van der Waals surface area contributed by atoms with Crippen molar-refractivity contribution in [2.24, 2.45) is 0 Å². The summed E-state index contributed by atoms with van der Waals surface area (Å²) in [7, 11) is -2.19. The van der Waals surface area contributed by atoms with Gasteiger partial charge in [0.2, 0.25) is 10.0 Å². The summed E-state index contributed by atoms with van der Waals surface area (Å²) in [5.41, 5.74) is 2.02. The van der Waals surface area contributed by atoms with Gasteiger partial charge in [-0.3, -0.25) is 9.48 Å². The molecule has 2 aromatic heterocycles. The fourth-order valence-corrected chi connectivity index (χ4v) is 6.64. The lowest BCUT2D eigenvalue weighted by Crippen LogP contribution is -2.34. The van der Waals surface area contributed by atoms with Crippen molar-refractivity contribution in [1.29, 1.82) is 0 Å². The average Bonchev–Trinajstić information content (AvgIpc) is 3.03. The van der Waals surface area contributed by atoms with E-state index in [1.165, 1.54) is 23.9 Å². The van der Waals surface area contributed by atoms with Crippen LogP contribution in [-0.4, -0.2) is 65.8 Å². The van der Waals surface area contributed by atoms with Crippen molar-refractivity contribution in [3.8, 4) is 17.1 Å². The summed E-state index contributed by atoms with van der Waals surface area (Å²) in [6, 6.07) is 4.91. The van der Waals surface area contributed by atoms with Gasteiger partial charge in [0.05, 0.1) is 29.3 Å². The van der Waals surface area contributed by atoms with E-state index < -0.39 is 10.0 Å². The van der Waals surface area contributed by atoms with Crippen LogP contribution in [-0.2, 0) is 10.0 Å². The summed E-state index contributed by atoms with van der Waals surface area (Å²) in [4.78, 5) is 21.0. The molecule has 0 spiro atoms. The molecule has 1 saturated carbocycles. The van der Waals surface area contributed by atoms with E-state index in [4.69, 9.17) is 9.72 Å². The van der Waals surface area contributed by atoms with Crippen molar-refractivity contribution < 1.29 is 13.2 Å². The Labute approximate surface area is 204 Å². The monoisotopic (exact) mass is 500 g/mol. The zero-order valence-corrected chi connectivity index (χ0v) is 21.0. The zero-order valence-electron chi connectivity index (χ0n) is 20.2. The Bertz CT molecular complexity index is 1380. The molecule has 2 aliphatic rings. The van der Waals surface area contributed by atoms with E-state index >= 15 is 0 Å². The standard InChI is InChI=1S/C24H32N6O4S/c1-16-21-22(30(28-16)17-7-4-3-5-8-17)24(31)27-23(26-21)19-10-9-18(15-20(19)34-2)35(32,33)29-13-6-11-25-12-14-29/h9-10,15,17,25H,3-8,11-14H2,1-2H3,(H,26,27,31). The highest BCUT2D eigenvalue weighted by molar-refractivity contribution is 7.89. The van der Waals surface area contributed by atoms with Crippen LogP contribution >= 0.6 is 0 Å². The third kappa shape index (κ3) is 4.48. The molecule has 10 nitrogen and oxygen atoms in total. The maximum atomic E-state index is 13.2. The smallest absolute Gasteiger partial charge is 0.277 e. The van der Waals surface area contributed by atoms with Gasteiger partial charge in [0.15, 0.2) is 5.52 Å². The molecule has 1 aliphatic heterocycles. The van der Waals surface area contributed by atoms with Gasteiger partial charge in [0.25, 0.3) is 5.56 Å². The molecule has 1 aromatic carbocycles. The molecular weight excluding hydrogens is 468 g/mol. The summed E-state index contributed by atoms with van der Waals surface area (Å²) in [5.74, 6) is 0.660. The van der Waals surface area contributed by atoms with Gasteiger partial charge >= 0.3 is 0 Å². The van der Waals surface area contributed by atoms with E-state index in [2.05, 4.69) is 15.4 Å². The Morgan fingerprint density at radius 3 is 2.66 bits per heavy atom. The number of H-pyrrole nitrogens is 1. The van der Waals surface area contributed by atoms with Crippen LogP contribution in [0.1, 0.15) is 50.3 Å². The van der Waals surface area contributed by atoms with Crippen molar-refractivity contribution in [3.63, 3.8) is 0 Å². The first kappa shape index (κ1) is 24.0. The maximum Gasteiger partial charge on any atom is 0.277 e. The predicted molar refractivity (Wildman–Crippen MR) is 133 cm³/mol. The first-order valence-electron chi connectivity index (χ1n) is 12.3. The summed E-state index contributed by atoms with van der Waals surface area (Å²) >= 11 is 0. The number of ether oxygens (including phenoxy) is 1. The van der Waals surface area contributed by atoms with Crippen molar-refractivity contribution in [3.05, 3.63) is 34.2 Å². The summed E-state index contributed by atoms with van der Waals surface area (Å²) in [5, 5.41) is 7.89. The number of hydrogen-bond donors (Lipinski definition) is 2. The number of nitrogens with one attached hydrogen (secondary N) is 2. The predicted octanol–water partition coefficient (Wildman–Crippen LogP) is 2.59. The molecule has 0 atom stereocenters. The Kier molecular flexibility index (Phi) is 6.65. The van der Waals surface area contributed by atoms with Crippen LogP contribution in [0.4, 0.5) is 0 Å². The van der Waals surface area contributed by atoms with Crippen LogP contribution in [0.25, 0.3) is 22.4 Å². The van der Waals surface area contributed by atoms with E-state index in [1.807, 2.05) is 11.6 Å². The molecule has 0 amide bonds. The van der Waals surface area contributed by atoms with E-state index in [0.29, 0.717) is 53.5 Å². The SMILES string of the molecule is COc1cc(S(=O)(=O)N2CCCNCC2)ccc1-c1nc2c(C)nn(C3CCCCC3)c2c(=O)[nH]1. The van der Waals surface area contributed by atoms with Gasteiger partial charge in [-0.1, -0.05) is 19.3 Å². The third-order valence-electron chi connectivity index (χ3n) is 7.01. The molecule has 0 bridgehead atoms. The van der Waals surface area contributed by atoms with E-state index in [0.717, 1.165) is 38.6 Å². The van der Waals surface area contributed by atoms with E-state index in [9.17, 15) is 13.2 Å². The highest BCUT2D eigenvalue weighted by Gasteiger charge is 2.27. The fourth-order valence-electron chi connectivity index (χ4n) is 5.15. The zero-order chi connectivity index (χ0) is 24.6. The maximum absolute atomic E-state index is 13.2. The number of benzene rings is 1. The molecule has 0 radical (unpaired) electrons. The number of aromatic nitrogens is 4. The molecule has 2 N–H and O–H groups in total. The minimum Gasteiger partial charge on any atom is -0.496 e. The molecule has 0 unspecified atom stereocenters. The molecule has 35 heavy (non-hydrogen) atoms. The highest BCUT2D eigenvalue weighted by atomic mass is 32.2. The number of rotatable bonds is 5. The highest BCUT2D eigenvalue weighted by Crippen LogP contribution is 2.33. The second-order valence-electron chi connectivity index (χ2n) is 9.30.